The Morgan fingerprint density at radius 3 is 3.00 bits per heavy atom. The summed E-state index contributed by atoms with van der Waals surface area (Å²) >= 11 is 0. The number of benzene rings is 1. The van der Waals surface area contributed by atoms with Crippen molar-refractivity contribution in [2.45, 2.75) is 32.2 Å². The van der Waals surface area contributed by atoms with E-state index in [4.69, 9.17) is 9.26 Å². The standard InChI is InChI=1S/C14H16FN3O2/c1-8(2)13-17-14(20-18-13)16-11-6-7-19-12-9(11)4-3-5-10(12)15/h3-5,8,11H,6-7H2,1-2H3,(H,16,17,18)/t11-/m0/s1. The van der Waals surface area contributed by atoms with E-state index in [2.05, 4.69) is 15.5 Å². The van der Waals surface area contributed by atoms with E-state index in [0.29, 0.717) is 24.2 Å². The molecule has 3 rings (SSSR count). The zero-order valence-electron chi connectivity index (χ0n) is 11.4. The molecule has 0 bridgehead atoms. The molecule has 0 radical (unpaired) electrons. The van der Waals surface area contributed by atoms with Crippen LogP contribution in [0.1, 0.15) is 43.6 Å². The first-order valence-electron chi connectivity index (χ1n) is 6.66. The number of fused-ring (bicyclic) bond motifs is 1. The van der Waals surface area contributed by atoms with E-state index in [-0.39, 0.29) is 17.8 Å². The molecule has 1 aliphatic heterocycles. The summed E-state index contributed by atoms with van der Waals surface area (Å²) in [5, 5.41) is 7.05. The van der Waals surface area contributed by atoms with Gasteiger partial charge in [-0.2, -0.15) is 4.98 Å². The van der Waals surface area contributed by atoms with E-state index in [1.54, 1.807) is 6.07 Å². The van der Waals surface area contributed by atoms with Crippen LogP contribution in [0.2, 0.25) is 0 Å². The minimum Gasteiger partial charge on any atom is -0.490 e. The number of aromatic nitrogens is 2. The molecule has 0 amide bonds. The lowest BCUT2D eigenvalue weighted by Gasteiger charge is -2.26. The van der Waals surface area contributed by atoms with Gasteiger partial charge < -0.3 is 14.6 Å². The molecule has 0 saturated carbocycles. The highest BCUT2D eigenvalue weighted by Gasteiger charge is 2.25. The monoisotopic (exact) mass is 277 g/mol. The summed E-state index contributed by atoms with van der Waals surface area (Å²) in [5.74, 6) is 0.815. The summed E-state index contributed by atoms with van der Waals surface area (Å²) < 4.78 is 24.2. The lowest BCUT2D eigenvalue weighted by molar-refractivity contribution is 0.258. The number of nitrogens with zero attached hydrogens (tertiary/aromatic N) is 2. The molecule has 0 fully saturated rings. The smallest absolute Gasteiger partial charge is 0.321 e. The van der Waals surface area contributed by atoms with Gasteiger partial charge in [0.2, 0.25) is 0 Å². The molecule has 1 atom stereocenters. The minimum absolute atomic E-state index is 0.0880. The van der Waals surface area contributed by atoms with Crippen LogP contribution in [0, 0.1) is 5.82 Å². The summed E-state index contributed by atoms with van der Waals surface area (Å²) in [6.07, 6.45) is 0.718. The van der Waals surface area contributed by atoms with Gasteiger partial charge >= 0.3 is 6.01 Å². The highest BCUT2D eigenvalue weighted by Crippen LogP contribution is 2.35. The first-order chi connectivity index (χ1) is 9.65. The second-order valence-electron chi connectivity index (χ2n) is 5.10. The van der Waals surface area contributed by atoms with Crippen molar-refractivity contribution < 1.29 is 13.7 Å². The molecule has 1 aliphatic rings. The summed E-state index contributed by atoms with van der Waals surface area (Å²) in [6.45, 7) is 4.44. The molecule has 20 heavy (non-hydrogen) atoms. The molecule has 0 aliphatic carbocycles. The number of halogens is 1. The van der Waals surface area contributed by atoms with E-state index in [0.717, 1.165) is 12.0 Å². The largest absolute Gasteiger partial charge is 0.490 e. The third kappa shape index (κ3) is 2.33. The predicted octanol–water partition coefficient (Wildman–Crippen LogP) is 3.27. The average Bonchev–Trinajstić information content (AvgIpc) is 2.89. The van der Waals surface area contributed by atoms with Crippen LogP contribution < -0.4 is 10.1 Å². The van der Waals surface area contributed by atoms with Crippen LogP contribution >= 0.6 is 0 Å². The van der Waals surface area contributed by atoms with Crippen molar-refractivity contribution in [1.82, 2.24) is 10.1 Å². The molecule has 1 aromatic heterocycles. The third-order valence-corrected chi connectivity index (χ3v) is 3.28. The van der Waals surface area contributed by atoms with E-state index in [1.165, 1.54) is 6.07 Å². The van der Waals surface area contributed by atoms with Gasteiger partial charge in [-0.15, -0.1) is 0 Å². The predicted molar refractivity (Wildman–Crippen MR) is 71.3 cm³/mol. The van der Waals surface area contributed by atoms with Gasteiger partial charge in [0.1, 0.15) is 0 Å². The molecule has 106 valence electrons. The maximum Gasteiger partial charge on any atom is 0.321 e. The number of anilines is 1. The average molecular weight is 277 g/mol. The molecular formula is C14H16FN3O2. The highest BCUT2D eigenvalue weighted by molar-refractivity contribution is 5.42. The van der Waals surface area contributed by atoms with Crippen LogP contribution in [0.15, 0.2) is 22.7 Å². The molecular weight excluding hydrogens is 261 g/mol. The van der Waals surface area contributed by atoms with Crippen LogP contribution in [-0.2, 0) is 0 Å². The van der Waals surface area contributed by atoms with Crippen molar-refractivity contribution in [3.63, 3.8) is 0 Å². The Hall–Kier alpha value is -2.11. The van der Waals surface area contributed by atoms with E-state index in [1.807, 2.05) is 19.9 Å². The fourth-order valence-corrected chi connectivity index (χ4v) is 2.21. The van der Waals surface area contributed by atoms with E-state index >= 15 is 0 Å². The van der Waals surface area contributed by atoms with Crippen molar-refractivity contribution in [1.29, 1.82) is 0 Å². The van der Waals surface area contributed by atoms with Gasteiger partial charge in [0, 0.05) is 17.9 Å². The number of hydrogen-bond acceptors (Lipinski definition) is 5. The maximum atomic E-state index is 13.7. The summed E-state index contributed by atoms with van der Waals surface area (Å²) in [6, 6.07) is 5.18. The molecule has 1 aromatic carbocycles. The fourth-order valence-electron chi connectivity index (χ4n) is 2.21. The zero-order chi connectivity index (χ0) is 14.1. The summed E-state index contributed by atoms with van der Waals surface area (Å²) in [7, 11) is 0. The number of rotatable bonds is 3. The quantitative estimate of drug-likeness (QED) is 0.933. The Morgan fingerprint density at radius 1 is 1.40 bits per heavy atom. The van der Waals surface area contributed by atoms with Crippen molar-refractivity contribution >= 4 is 6.01 Å². The Labute approximate surface area is 116 Å². The van der Waals surface area contributed by atoms with Crippen LogP contribution in [0.3, 0.4) is 0 Å². The van der Waals surface area contributed by atoms with Gasteiger partial charge in [0.25, 0.3) is 0 Å². The number of nitrogens with one attached hydrogen (secondary N) is 1. The highest BCUT2D eigenvalue weighted by atomic mass is 19.1. The molecule has 0 spiro atoms. The van der Waals surface area contributed by atoms with Crippen molar-refractivity contribution in [2.24, 2.45) is 0 Å². The Balaban J connectivity index is 1.84. The second kappa shape index (κ2) is 5.11. The Kier molecular flexibility index (Phi) is 3.30. The zero-order valence-corrected chi connectivity index (χ0v) is 11.4. The van der Waals surface area contributed by atoms with Crippen molar-refractivity contribution in [3.05, 3.63) is 35.4 Å². The molecule has 2 aromatic rings. The van der Waals surface area contributed by atoms with Gasteiger partial charge in [0.05, 0.1) is 12.6 Å². The van der Waals surface area contributed by atoms with Crippen LogP contribution in [-0.4, -0.2) is 16.7 Å². The summed E-state index contributed by atoms with van der Waals surface area (Å²) in [5.41, 5.74) is 0.778. The third-order valence-electron chi connectivity index (χ3n) is 3.28. The fraction of sp³-hybridized carbons (Fsp3) is 0.429. The van der Waals surface area contributed by atoms with Gasteiger partial charge in [-0.05, 0) is 6.07 Å². The topological polar surface area (TPSA) is 60.2 Å². The first-order valence-corrected chi connectivity index (χ1v) is 6.66. The Morgan fingerprint density at radius 2 is 2.25 bits per heavy atom. The van der Waals surface area contributed by atoms with Crippen molar-refractivity contribution in [2.75, 3.05) is 11.9 Å². The maximum absolute atomic E-state index is 13.7. The van der Waals surface area contributed by atoms with Gasteiger partial charge in [-0.25, -0.2) is 4.39 Å². The van der Waals surface area contributed by atoms with Crippen LogP contribution in [0.25, 0.3) is 0 Å². The van der Waals surface area contributed by atoms with Crippen molar-refractivity contribution in [3.8, 4) is 5.75 Å². The van der Waals surface area contributed by atoms with Crippen LogP contribution in [0.4, 0.5) is 10.4 Å². The molecule has 0 saturated heterocycles. The number of hydrogen-bond donors (Lipinski definition) is 1. The number of ether oxygens (including phenoxy) is 1. The molecule has 6 heteroatoms. The van der Waals surface area contributed by atoms with Gasteiger partial charge in [0.15, 0.2) is 17.4 Å². The van der Waals surface area contributed by atoms with Gasteiger partial charge in [-0.3, -0.25) is 0 Å². The molecule has 1 N–H and O–H groups in total. The molecule has 2 heterocycles. The molecule has 5 nitrogen and oxygen atoms in total. The lowest BCUT2D eigenvalue weighted by atomic mass is 10.0. The van der Waals surface area contributed by atoms with E-state index in [9.17, 15) is 4.39 Å². The SMILES string of the molecule is CC(C)c1noc(N[C@H]2CCOc3c(F)cccc32)n1. The van der Waals surface area contributed by atoms with Gasteiger partial charge in [-0.1, -0.05) is 31.1 Å². The number of para-hydroxylation sites is 1. The van der Waals surface area contributed by atoms with Crippen LogP contribution in [0.5, 0.6) is 5.75 Å². The molecule has 0 unspecified atom stereocenters. The second-order valence-corrected chi connectivity index (χ2v) is 5.10. The lowest BCUT2D eigenvalue weighted by Crippen LogP contribution is -2.21. The minimum atomic E-state index is -0.345. The van der Waals surface area contributed by atoms with E-state index < -0.39 is 0 Å². The normalized spacial score (nSPS) is 17.7. The Bertz CT molecular complexity index is 612. The summed E-state index contributed by atoms with van der Waals surface area (Å²) in [4.78, 5) is 4.28. The first kappa shape index (κ1) is 12.9.